The number of nitrogens with two attached hydrogens (primary N) is 1. The van der Waals surface area contributed by atoms with Gasteiger partial charge in [0.05, 0.1) is 0 Å². The quantitative estimate of drug-likeness (QED) is 0.505. The molecule has 0 unspecified atom stereocenters. The van der Waals surface area contributed by atoms with Gasteiger partial charge in [-0.2, -0.15) is 4.99 Å². The second-order valence-corrected chi connectivity index (χ2v) is 3.60. The summed E-state index contributed by atoms with van der Waals surface area (Å²) in [7, 11) is 0. The smallest absolute Gasteiger partial charge is 0.404 e. The third kappa shape index (κ3) is 5.27. The van der Waals surface area contributed by atoms with Gasteiger partial charge in [-0.15, -0.1) is 13.2 Å². The molecule has 0 saturated heterocycles. The average molecular weight is 194 g/mol. The molecule has 0 bridgehead atoms. The van der Waals surface area contributed by atoms with E-state index in [0.717, 1.165) is 12.4 Å². The monoisotopic (exact) mass is 194 g/mol. The van der Waals surface area contributed by atoms with Crippen molar-refractivity contribution in [3.63, 3.8) is 0 Å². The lowest BCUT2D eigenvalue weighted by atomic mass is 9.88. The lowest BCUT2D eigenvalue weighted by Gasteiger charge is -2.18. The highest BCUT2D eigenvalue weighted by atomic mass is 19.4. The number of halogens is 3. The van der Waals surface area contributed by atoms with Crippen molar-refractivity contribution < 1.29 is 13.2 Å². The molecule has 0 aliphatic carbocycles. The molecule has 0 radical (unpaired) electrons. The van der Waals surface area contributed by atoms with Crippen LogP contribution >= 0.6 is 0 Å². The zero-order valence-electron chi connectivity index (χ0n) is 7.81. The van der Waals surface area contributed by atoms with Gasteiger partial charge in [0.2, 0.25) is 0 Å². The molecule has 0 amide bonds. The number of aliphatic imine (C=N–C) groups is 1. The summed E-state index contributed by atoms with van der Waals surface area (Å²) < 4.78 is 35.0. The molecule has 13 heavy (non-hydrogen) atoms. The van der Waals surface area contributed by atoms with Crippen LogP contribution in [0.4, 0.5) is 13.2 Å². The Labute approximate surface area is 75.3 Å². The van der Waals surface area contributed by atoms with Crippen molar-refractivity contribution in [3.8, 4) is 0 Å². The molecule has 5 heteroatoms. The van der Waals surface area contributed by atoms with E-state index in [1.807, 2.05) is 0 Å². The van der Waals surface area contributed by atoms with Gasteiger partial charge in [0.15, 0.2) is 0 Å². The minimum atomic E-state index is -4.53. The standard InChI is InChI=1S/C8H13F3N2/c1-7(2,3)6(4-12)5-13-8(9,10)11/h4-5H,12H2,1-3H3. The topological polar surface area (TPSA) is 38.4 Å². The van der Waals surface area contributed by atoms with Gasteiger partial charge < -0.3 is 5.73 Å². The Kier molecular flexibility index (Phi) is 3.51. The molecule has 0 aromatic heterocycles. The molecule has 0 fully saturated rings. The van der Waals surface area contributed by atoms with Gasteiger partial charge in [0.1, 0.15) is 0 Å². The molecule has 0 spiro atoms. The van der Waals surface area contributed by atoms with Gasteiger partial charge >= 0.3 is 6.30 Å². The van der Waals surface area contributed by atoms with Crippen molar-refractivity contribution in [1.82, 2.24) is 0 Å². The average Bonchev–Trinajstić information content (AvgIpc) is 1.82. The second-order valence-electron chi connectivity index (χ2n) is 3.60. The van der Waals surface area contributed by atoms with E-state index in [0.29, 0.717) is 5.57 Å². The van der Waals surface area contributed by atoms with E-state index < -0.39 is 11.7 Å². The molecule has 0 aromatic carbocycles. The fourth-order valence-electron chi connectivity index (χ4n) is 0.629. The minimum Gasteiger partial charge on any atom is -0.404 e. The summed E-state index contributed by atoms with van der Waals surface area (Å²) in [5.74, 6) is 0. The van der Waals surface area contributed by atoms with Crippen LogP contribution < -0.4 is 5.73 Å². The van der Waals surface area contributed by atoms with E-state index in [1.165, 1.54) is 0 Å². The molecule has 76 valence electrons. The van der Waals surface area contributed by atoms with E-state index in [4.69, 9.17) is 5.73 Å². The van der Waals surface area contributed by atoms with Crippen LogP contribution in [-0.2, 0) is 0 Å². The Morgan fingerprint density at radius 2 is 1.69 bits per heavy atom. The molecule has 0 heterocycles. The fraction of sp³-hybridized carbons (Fsp3) is 0.625. The van der Waals surface area contributed by atoms with Crippen molar-refractivity contribution in [1.29, 1.82) is 0 Å². The van der Waals surface area contributed by atoms with Crippen LogP contribution in [0.15, 0.2) is 16.8 Å². The van der Waals surface area contributed by atoms with Crippen molar-refractivity contribution in [3.05, 3.63) is 11.8 Å². The molecular formula is C8H13F3N2. The normalized spacial score (nSPS) is 15.4. The van der Waals surface area contributed by atoms with Gasteiger partial charge in [-0.1, -0.05) is 20.8 Å². The number of nitrogens with zero attached hydrogens (tertiary/aromatic N) is 1. The Morgan fingerprint density at radius 3 is 1.92 bits per heavy atom. The van der Waals surface area contributed by atoms with Crippen LogP contribution in [-0.4, -0.2) is 12.5 Å². The highest BCUT2D eigenvalue weighted by Gasteiger charge is 2.26. The highest BCUT2D eigenvalue weighted by molar-refractivity contribution is 5.80. The van der Waals surface area contributed by atoms with Crippen LogP contribution in [0.25, 0.3) is 0 Å². The van der Waals surface area contributed by atoms with E-state index in [-0.39, 0.29) is 0 Å². The van der Waals surface area contributed by atoms with Gasteiger partial charge in [0, 0.05) is 6.21 Å². The Morgan fingerprint density at radius 1 is 1.23 bits per heavy atom. The minimum absolute atomic E-state index is 0.352. The highest BCUT2D eigenvalue weighted by Crippen LogP contribution is 2.24. The number of hydrogen-bond donors (Lipinski definition) is 1. The second kappa shape index (κ2) is 3.81. The van der Waals surface area contributed by atoms with Gasteiger partial charge in [-0.3, -0.25) is 0 Å². The molecule has 2 nitrogen and oxygen atoms in total. The van der Waals surface area contributed by atoms with E-state index in [2.05, 4.69) is 4.99 Å². The van der Waals surface area contributed by atoms with Crippen molar-refractivity contribution in [2.24, 2.45) is 16.1 Å². The maximum atomic E-state index is 11.7. The van der Waals surface area contributed by atoms with Crippen LogP contribution in [0.1, 0.15) is 20.8 Å². The lowest BCUT2D eigenvalue weighted by Crippen LogP contribution is -2.14. The van der Waals surface area contributed by atoms with Crippen LogP contribution in [0.2, 0.25) is 0 Å². The molecular weight excluding hydrogens is 181 g/mol. The maximum absolute atomic E-state index is 11.7. The first-order valence-electron chi connectivity index (χ1n) is 3.71. The van der Waals surface area contributed by atoms with Crippen LogP contribution in [0, 0.1) is 5.41 Å². The van der Waals surface area contributed by atoms with Crippen molar-refractivity contribution in [2.75, 3.05) is 0 Å². The summed E-state index contributed by atoms with van der Waals surface area (Å²) >= 11 is 0. The number of rotatable bonds is 1. The third-order valence-corrected chi connectivity index (χ3v) is 1.40. The Hall–Kier alpha value is -1.00. The van der Waals surface area contributed by atoms with E-state index >= 15 is 0 Å². The number of allylic oxidation sites excluding steroid dienone is 1. The lowest BCUT2D eigenvalue weighted by molar-refractivity contribution is -0.119. The zero-order chi connectivity index (χ0) is 10.7. The van der Waals surface area contributed by atoms with Crippen molar-refractivity contribution in [2.45, 2.75) is 27.1 Å². The Bertz CT molecular complexity index is 221. The summed E-state index contributed by atoms with van der Waals surface area (Å²) in [5, 5.41) is 0. The van der Waals surface area contributed by atoms with Crippen LogP contribution in [0.5, 0.6) is 0 Å². The molecule has 0 saturated carbocycles. The summed E-state index contributed by atoms with van der Waals surface area (Å²) in [5.41, 5.74) is 5.09. The first-order chi connectivity index (χ1) is 5.67. The molecule has 0 aliphatic heterocycles. The molecule has 0 rings (SSSR count). The summed E-state index contributed by atoms with van der Waals surface area (Å²) in [6.45, 7) is 5.27. The predicted molar refractivity (Wildman–Crippen MR) is 46.3 cm³/mol. The first-order valence-corrected chi connectivity index (χ1v) is 3.71. The molecule has 2 N–H and O–H groups in total. The maximum Gasteiger partial charge on any atom is 0.503 e. The van der Waals surface area contributed by atoms with Gasteiger partial charge in [-0.25, -0.2) is 0 Å². The zero-order valence-corrected chi connectivity index (χ0v) is 7.81. The first kappa shape index (κ1) is 12.0. The van der Waals surface area contributed by atoms with Crippen molar-refractivity contribution >= 4 is 6.21 Å². The third-order valence-electron chi connectivity index (χ3n) is 1.40. The van der Waals surface area contributed by atoms with Gasteiger partial charge in [0.25, 0.3) is 0 Å². The summed E-state index contributed by atoms with van der Waals surface area (Å²) in [6.07, 6.45) is -2.64. The van der Waals surface area contributed by atoms with Crippen LogP contribution in [0.3, 0.4) is 0 Å². The van der Waals surface area contributed by atoms with E-state index in [9.17, 15) is 13.2 Å². The summed E-state index contributed by atoms with van der Waals surface area (Å²) in [6, 6.07) is 0. The largest absolute Gasteiger partial charge is 0.503 e. The van der Waals surface area contributed by atoms with Gasteiger partial charge in [-0.05, 0) is 17.2 Å². The summed E-state index contributed by atoms with van der Waals surface area (Å²) in [4.78, 5) is 2.42. The SMILES string of the molecule is CC(C)(C)C(C=NC(F)(F)F)=CN. The molecule has 0 aliphatic rings. The fourth-order valence-corrected chi connectivity index (χ4v) is 0.629. The number of alkyl halides is 3. The number of hydrogen-bond acceptors (Lipinski definition) is 2. The molecule has 0 aromatic rings. The molecule has 0 atom stereocenters. The van der Waals surface area contributed by atoms with E-state index in [1.54, 1.807) is 20.8 Å². The Balaban J connectivity index is 4.61. The predicted octanol–water partition coefficient (Wildman–Crippen LogP) is 2.47.